The van der Waals surface area contributed by atoms with Crippen LogP contribution in [-0.4, -0.2) is 28.7 Å². The Bertz CT molecular complexity index is 72.0. The van der Waals surface area contributed by atoms with Gasteiger partial charge in [0.25, 0.3) is 0 Å². The van der Waals surface area contributed by atoms with Crippen LogP contribution in [0.15, 0.2) is 0 Å². The van der Waals surface area contributed by atoms with Gasteiger partial charge in [-0.2, -0.15) is 0 Å². The number of hydrogen-bond acceptors (Lipinski definition) is 2. The molecule has 1 saturated heterocycles. The third-order valence-corrected chi connectivity index (χ3v) is 1.56. The maximum absolute atomic E-state index is 5.56. The Hall–Kier alpha value is 0.137. The van der Waals surface area contributed by atoms with Gasteiger partial charge in [-0.15, -0.1) is 0 Å². The van der Waals surface area contributed by atoms with Gasteiger partial charge in [0.05, 0.1) is 0 Å². The van der Waals surface area contributed by atoms with Gasteiger partial charge in [0, 0.05) is 28.7 Å². The smallest absolute Gasteiger partial charge is 0.0135 e. The van der Waals surface area contributed by atoms with Crippen LogP contribution in [0.25, 0.3) is 0 Å². The molecule has 1 atom stereocenters. The molecule has 1 rings (SSSR count). The molecule has 0 aromatic carbocycles. The average Bonchev–Trinajstić information content (AvgIpc) is 1.59. The summed E-state index contributed by atoms with van der Waals surface area (Å²) in [5.41, 5.74) is 5.56. The Kier molecular flexibility index (Phi) is 5.97. The van der Waals surface area contributed by atoms with E-state index in [1.807, 2.05) is 0 Å². The average molecular weight is 160 g/mol. The second-order valence-electron chi connectivity index (χ2n) is 2.98. The van der Waals surface area contributed by atoms with E-state index in [1.165, 1.54) is 0 Å². The Morgan fingerprint density at radius 2 is 1.90 bits per heavy atom. The van der Waals surface area contributed by atoms with E-state index in [1.54, 1.807) is 0 Å². The molecule has 1 unspecified atom stereocenters. The molecular weight excluding hydrogens is 140 g/mol. The SMILES string of the molecule is CC(N)C1CNC1.C[SiH2]C. The van der Waals surface area contributed by atoms with E-state index in [-0.39, 0.29) is 0 Å². The van der Waals surface area contributed by atoms with Crippen molar-refractivity contribution in [2.24, 2.45) is 11.7 Å². The largest absolute Gasteiger partial charge is 0.328 e. The van der Waals surface area contributed by atoms with Crippen LogP contribution in [0.4, 0.5) is 0 Å². The Labute approximate surface area is 66.4 Å². The molecule has 1 aliphatic heterocycles. The van der Waals surface area contributed by atoms with Crippen molar-refractivity contribution >= 4 is 9.52 Å². The van der Waals surface area contributed by atoms with Crippen LogP contribution in [0.2, 0.25) is 13.1 Å². The van der Waals surface area contributed by atoms with Gasteiger partial charge >= 0.3 is 0 Å². The standard InChI is InChI=1S/C5H12N2.C2H8Si/c1-4(6)5-2-7-3-5;1-3-2/h4-5,7H,2-3,6H2,1H3;3H2,1-2H3. The lowest BCUT2D eigenvalue weighted by molar-refractivity contribution is 0.304. The van der Waals surface area contributed by atoms with Gasteiger partial charge in [-0.3, -0.25) is 0 Å². The summed E-state index contributed by atoms with van der Waals surface area (Å²) in [4.78, 5) is 0. The van der Waals surface area contributed by atoms with Crippen molar-refractivity contribution in [3.05, 3.63) is 0 Å². The van der Waals surface area contributed by atoms with Crippen molar-refractivity contribution < 1.29 is 0 Å². The molecule has 62 valence electrons. The molecule has 0 saturated carbocycles. The topological polar surface area (TPSA) is 38.0 Å². The summed E-state index contributed by atoms with van der Waals surface area (Å²) in [6.45, 7) is 8.83. The van der Waals surface area contributed by atoms with Gasteiger partial charge in [-0.1, -0.05) is 13.1 Å². The van der Waals surface area contributed by atoms with Crippen molar-refractivity contribution in [3.63, 3.8) is 0 Å². The zero-order valence-electron chi connectivity index (χ0n) is 7.35. The van der Waals surface area contributed by atoms with Gasteiger partial charge in [0.1, 0.15) is 0 Å². The van der Waals surface area contributed by atoms with Crippen molar-refractivity contribution in [1.29, 1.82) is 0 Å². The van der Waals surface area contributed by atoms with E-state index in [2.05, 4.69) is 25.3 Å². The summed E-state index contributed by atoms with van der Waals surface area (Å²) in [5.74, 6) is 0.750. The quantitative estimate of drug-likeness (QED) is 0.522. The zero-order valence-corrected chi connectivity index (χ0v) is 8.77. The van der Waals surface area contributed by atoms with Crippen LogP contribution in [0.5, 0.6) is 0 Å². The first-order valence-electron chi connectivity index (χ1n) is 4.18. The normalized spacial score (nSPS) is 20.4. The fourth-order valence-corrected chi connectivity index (χ4v) is 0.683. The molecule has 0 aromatic rings. The van der Waals surface area contributed by atoms with E-state index < -0.39 is 0 Å². The summed E-state index contributed by atoms with van der Waals surface area (Å²) in [7, 11) is 0.417. The molecule has 1 fully saturated rings. The highest BCUT2D eigenvalue weighted by atomic mass is 28.2. The van der Waals surface area contributed by atoms with Crippen LogP contribution in [0, 0.1) is 5.92 Å². The lowest BCUT2D eigenvalue weighted by Gasteiger charge is -2.30. The van der Waals surface area contributed by atoms with Crippen molar-refractivity contribution in [1.82, 2.24) is 5.32 Å². The highest BCUT2D eigenvalue weighted by Gasteiger charge is 2.19. The van der Waals surface area contributed by atoms with Crippen LogP contribution in [-0.2, 0) is 0 Å². The summed E-state index contributed by atoms with van der Waals surface area (Å²) >= 11 is 0. The zero-order chi connectivity index (χ0) is 7.98. The maximum atomic E-state index is 5.56. The summed E-state index contributed by atoms with van der Waals surface area (Å²) in [6.07, 6.45) is 0. The molecule has 0 aromatic heterocycles. The molecule has 10 heavy (non-hydrogen) atoms. The van der Waals surface area contributed by atoms with Crippen LogP contribution in [0.1, 0.15) is 6.92 Å². The molecule has 0 spiro atoms. The fraction of sp³-hybridized carbons (Fsp3) is 1.00. The van der Waals surface area contributed by atoms with Gasteiger partial charge in [-0.25, -0.2) is 0 Å². The van der Waals surface area contributed by atoms with E-state index in [0.29, 0.717) is 15.6 Å². The van der Waals surface area contributed by atoms with E-state index in [0.717, 1.165) is 19.0 Å². The molecule has 0 bridgehead atoms. The number of nitrogens with two attached hydrogens (primary N) is 1. The third kappa shape index (κ3) is 4.03. The van der Waals surface area contributed by atoms with E-state index in [9.17, 15) is 0 Å². The van der Waals surface area contributed by atoms with Gasteiger partial charge in [0.15, 0.2) is 0 Å². The second kappa shape index (κ2) is 5.89. The fourth-order valence-electron chi connectivity index (χ4n) is 0.683. The van der Waals surface area contributed by atoms with E-state index in [4.69, 9.17) is 5.73 Å². The molecule has 1 heterocycles. The van der Waals surface area contributed by atoms with Crippen LogP contribution in [0.3, 0.4) is 0 Å². The van der Waals surface area contributed by atoms with Crippen molar-refractivity contribution in [3.8, 4) is 0 Å². The Morgan fingerprint density at radius 3 is 1.90 bits per heavy atom. The highest BCUT2D eigenvalue weighted by molar-refractivity contribution is 6.31. The molecule has 3 heteroatoms. The molecule has 2 nitrogen and oxygen atoms in total. The third-order valence-electron chi connectivity index (χ3n) is 1.56. The Morgan fingerprint density at radius 1 is 1.50 bits per heavy atom. The van der Waals surface area contributed by atoms with Gasteiger partial charge in [-0.05, 0) is 12.8 Å². The molecule has 0 amide bonds. The summed E-state index contributed by atoms with van der Waals surface area (Å²) in [5, 5.41) is 3.16. The first-order valence-corrected chi connectivity index (χ1v) is 7.01. The number of hydrogen-bond donors (Lipinski definition) is 2. The Balaban J connectivity index is 0.000000236. The van der Waals surface area contributed by atoms with E-state index >= 15 is 0 Å². The maximum Gasteiger partial charge on any atom is 0.0135 e. The molecule has 3 N–H and O–H groups in total. The monoisotopic (exact) mass is 160 g/mol. The predicted octanol–water partition coefficient (Wildman–Crippen LogP) is -0.196. The lowest BCUT2D eigenvalue weighted by atomic mass is 9.96. The second-order valence-corrected chi connectivity index (χ2v) is 4.40. The number of rotatable bonds is 1. The minimum Gasteiger partial charge on any atom is -0.328 e. The van der Waals surface area contributed by atoms with Crippen LogP contribution < -0.4 is 11.1 Å². The van der Waals surface area contributed by atoms with Crippen LogP contribution >= 0.6 is 0 Å². The molecule has 0 aliphatic carbocycles. The lowest BCUT2D eigenvalue weighted by Crippen LogP contribution is -2.50. The van der Waals surface area contributed by atoms with Gasteiger partial charge < -0.3 is 11.1 Å². The summed E-state index contributed by atoms with van der Waals surface area (Å²) in [6, 6.07) is 0.390. The first kappa shape index (κ1) is 10.1. The van der Waals surface area contributed by atoms with Crippen molar-refractivity contribution in [2.45, 2.75) is 26.1 Å². The van der Waals surface area contributed by atoms with Crippen molar-refractivity contribution in [2.75, 3.05) is 13.1 Å². The highest BCUT2D eigenvalue weighted by Crippen LogP contribution is 2.04. The van der Waals surface area contributed by atoms with Gasteiger partial charge in [0.2, 0.25) is 0 Å². The first-order chi connectivity index (χ1) is 4.72. The molecule has 1 aliphatic rings. The minimum absolute atomic E-state index is 0.390. The molecular formula is C7H20N2Si. The number of nitrogens with one attached hydrogen (secondary N) is 1. The summed E-state index contributed by atoms with van der Waals surface area (Å²) < 4.78 is 0. The minimum atomic E-state index is 0.390. The predicted molar refractivity (Wildman–Crippen MR) is 50.3 cm³/mol. The molecule has 0 radical (unpaired) electrons.